The fourth-order valence-corrected chi connectivity index (χ4v) is 3.35. The molecule has 2 N–H and O–H groups in total. The van der Waals surface area contributed by atoms with Gasteiger partial charge in [-0.3, -0.25) is 9.69 Å². The summed E-state index contributed by atoms with van der Waals surface area (Å²) >= 11 is 0. The number of likely N-dealkylation sites (N-methyl/N-ethyl adjacent to an activating group) is 1. The Labute approximate surface area is 152 Å². The second-order valence-corrected chi connectivity index (χ2v) is 6.58. The second kappa shape index (κ2) is 9.48. The van der Waals surface area contributed by atoms with E-state index in [1.54, 1.807) is 0 Å². The summed E-state index contributed by atoms with van der Waals surface area (Å²) in [5.74, 6) is 0.730. The molecule has 1 saturated heterocycles. The molecule has 0 unspecified atom stereocenters. The van der Waals surface area contributed by atoms with Crippen LogP contribution in [0.15, 0.2) is 30.3 Å². The molecular formula is C17H29Cl2N3O. The molecule has 1 amide bonds. The first-order chi connectivity index (χ1) is 9.91. The Bertz CT molecular complexity index is 474. The summed E-state index contributed by atoms with van der Waals surface area (Å²) in [4.78, 5) is 16.7. The van der Waals surface area contributed by atoms with E-state index in [-0.39, 0.29) is 48.7 Å². The Balaban J connectivity index is 0.00000242. The Morgan fingerprint density at radius 1 is 1.17 bits per heavy atom. The van der Waals surface area contributed by atoms with Crippen molar-refractivity contribution in [3.8, 4) is 0 Å². The number of carbonyl (C=O) groups excluding carboxylic acids is 1. The maximum Gasteiger partial charge on any atom is 0.240 e. The molecule has 0 radical (unpaired) electrons. The molecule has 1 aromatic carbocycles. The molecule has 0 saturated carbocycles. The molecule has 2 rings (SSSR count). The molecule has 3 atom stereocenters. The van der Waals surface area contributed by atoms with E-state index in [0.29, 0.717) is 12.5 Å². The number of halogens is 2. The maximum absolute atomic E-state index is 12.8. The molecule has 23 heavy (non-hydrogen) atoms. The number of likely N-dealkylation sites (tertiary alicyclic amines) is 1. The van der Waals surface area contributed by atoms with Crippen molar-refractivity contribution in [2.75, 3.05) is 27.2 Å². The number of amides is 1. The number of carbonyl (C=O) groups is 1. The van der Waals surface area contributed by atoms with Crippen LogP contribution in [-0.4, -0.2) is 55.0 Å². The van der Waals surface area contributed by atoms with Crippen LogP contribution in [0.5, 0.6) is 0 Å². The van der Waals surface area contributed by atoms with E-state index in [2.05, 4.69) is 26.0 Å². The normalized spacial score (nSPS) is 21.8. The number of hydrogen-bond donors (Lipinski definition) is 1. The summed E-state index contributed by atoms with van der Waals surface area (Å²) in [7, 11) is 3.93. The van der Waals surface area contributed by atoms with E-state index in [1.807, 2.05) is 42.1 Å². The van der Waals surface area contributed by atoms with Gasteiger partial charge in [0.25, 0.3) is 0 Å². The SMILES string of the molecule is CC(C)[C@H](C(=O)N1C[C@@H](N)[C@H](c2ccccc2)C1)N(C)C.Cl.Cl. The summed E-state index contributed by atoms with van der Waals surface area (Å²) in [5.41, 5.74) is 7.51. The lowest BCUT2D eigenvalue weighted by molar-refractivity contribution is -0.136. The minimum atomic E-state index is -0.0771. The van der Waals surface area contributed by atoms with Crippen molar-refractivity contribution in [1.82, 2.24) is 9.80 Å². The van der Waals surface area contributed by atoms with Crippen LogP contribution in [0.2, 0.25) is 0 Å². The van der Waals surface area contributed by atoms with Gasteiger partial charge in [-0.05, 0) is 25.6 Å². The third-order valence-electron chi connectivity index (χ3n) is 4.35. The quantitative estimate of drug-likeness (QED) is 0.895. The zero-order chi connectivity index (χ0) is 15.6. The van der Waals surface area contributed by atoms with E-state index in [1.165, 1.54) is 5.56 Å². The van der Waals surface area contributed by atoms with Gasteiger partial charge in [0.2, 0.25) is 5.91 Å². The van der Waals surface area contributed by atoms with E-state index < -0.39 is 0 Å². The first-order valence-electron chi connectivity index (χ1n) is 7.67. The molecule has 1 heterocycles. The summed E-state index contributed by atoms with van der Waals surface area (Å²) in [6, 6.07) is 10.2. The standard InChI is InChI=1S/C17H27N3O.2ClH/c1-12(2)16(19(3)4)17(21)20-10-14(15(18)11-20)13-8-6-5-7-9-13;;/h5-9,12,14-16H,10-11,18H2,1-4H3;2*1H/t14-,15+,16+;;/m0../s1. The van der Waals surface area contributed by atoms with E-state index in [0.717, 1.165) is 6.54 Å². The number of nitrogens with zero attached hydrogens (tertiary/aromatic N) is 2. The van der Waals surface area contributed by atoms with Crippen LogP contribution in [0.25, 0.3) is 0 Å². The number of nitrogens with two attached hydrogens (primary N) is 1. The summed E-state index contributed by atoms with van der Waals surface area (Å²) in [5, 5.41) is 0. The van der Waals surface area contributed by atoms with E-state index in [9.17, 15) is 4.79 Å². The Hall–Kier alpha value is -0.810. The summed E-state index contributed by atoms with van der Waals surface area (Å²) in [6.45, 7) is 5.55. The van der Waals surface area contributed by atoms with Gasteiger partial charge >= 0.3 is 0 Å². The van der Waals surface area contributed by atoms with Crippen LogP contribution >= 0.6 is 24.8 Å². The highest BCUT2D eigenvalue weighted by Gasteiger charge is 2.37. The van der Waals surface area contributed by atoms with Crippen molar-refractivity contribution in [3.05, 3.63) is 35.9 Å². The van der Waals surface area contributed by atoms with Gasteiger partial charge < -0.3 is 10.6 Å². The topological polar surface area (TPSA) is 49.6 Å². The minimum absolute atomic E-state index is 0. The molecule has 0 bridgehead atoms. The largest absolute Gasteiger partial charge is 0.339 e. The van der Waals surface area contributed by atoms with Crippen LogP contribution in [0.3, 0.4) is 0 Å². The monoisotopic (exact) mass is 361 g/mol. The van der Waals surface area contributed by atoms with Crippen molar-refractivity contribution in [2.45, 2.75) is 31.8 Å². The average molecular weight is 362 g/mol. The van der Waals surface area contributed by atoms with Crippen LogP contribution in [0, 0.1) is 5.92 Å². The third-order valence-corrected chi connectivity index (χ3v) is 4.35. The zero-order valence-corrected chi connectivity index (χ0v) is 15.9. The zero-order valence-electron chi connectivity index (χ0n) is 14.3. The summed E-state index contributed by atoms with van der Waals surface area (Å²) in [6.07, 6.45) is 0. The first-order valence-corrected chi connectivity index (χ1v) is 7.67. The van der Waals surface area contributed by atoms with Crippen molar-refractivity contribution >= 4 is 30.7 Å². The van der Waals surface area contributed by atoms with Gasteiger partial charge in [-0.1, -0.05) is 44.2 Å². The highest BCUT2D eigenvalue weighted by molar-refractivity contribution is 5.85. The molecule has 1 fully saturated rings. The number of rotatable bonds is 4. The molecule has 6 heteroatoms. The Morgan fingerprint density at radius 3 is 2.22 bits per heavy atom. The van der Waals surface area contributed by atoms with Gasteiger partial charge in [-0.2, -0.15) is 0 Å². The fourth-order valence-electron chi connectivity index (χ4n) is 3.35. The van der Waals surface area contributed by atoms with Crippen molar-refractivity contribution in [1.29, 1.82) is 0 Å². The van der Waals surface area contributed by atoms with Crippen LogP contribution in [-0.2, 0) is 4.79 Å². The number of benzene rings is 1. The van der Waals surface area contributed by atoms with Crippen LogP contribution in [0.4, 0.5) is 0 Å². The van der Waals surface area contributed by atoms with Crippen molar-refractivity contribution in [2.24, 2.45) is 11.7 Å². The Morgan fingerprint density at radius 2 is 1.74 bits per heavy atom. The van der Waals surface area contributed by atoms with E-state index in [4.69, 9.17) is 5.73 Å². The van der Waals surface area contributed by atoms with Gasteiger partial charge in [0.15, 0.2) is 0 Å². The smallest absolute Gasteiger partial charge is 0.240 e. The predicted molar refractivity (Wildman–Crippen MR) is 101 cm³/mol. The first kappa shape index (κ1) is 22.2. The van der Waals surface area contributed by atoms with E-state index >= 15 is 0 Å². The average Bonchev–Trinajstić information content (AvgIpc) is 2.81. The van der Waals surface area contributed by atoms with Crippen LogP contribution in [0.1, 0.15) is 25.3 Å². The summed E-state index contributed by atoms with van der Waals surface area (Å²) < 4.78 is 0. The molecule has 1 aromatic rings. The van der Waals surface area contributed by atoms with Gasteiger partial charge in [0.05, 0.1) is 6.04 Å². The lowest BCUT2D eigenvalue weighted by atomic mass is 9.95. The van der Waals surface area contributed by atoms with Gasteiger partial charge in [-0.25, -0.2) is 0 Å². The van der Waals surface area contributed by atoms with Crippen molar-refractivity contribution in [3.63, 3.8) is 0 Å². The predicted octanol–water partition coefficient (Wildman–Crippen LogP) is 2.37. The van der Waals surface area contributed by atoms with Gasteiger partial charge in [0.1, 0.15) is 0 Å². The lowest BCUT2D eigenvalue weighted by Crippen LogP contribution is -2.48. The molecule has 1 aliphatic rings. The van der Waals surface area contributed by atoms with Crippen molar-refractivity contribution < 1.29 is 4.79 Å². The van der Waals surface area contributed by atoms with Gasteiger partial charge in [-0.15, -0.1) is 24.8 Å². The molecule has 0 aliphatic carbocycles. The Kier molecular flexibility index (Phi) is 9.14. The molecule has 132 valence electrons. The highest BCUT2D eigenvalue weighted by Crippen LogP contribution is 2.27. The number of hydrogen-bond acceptors (Lipinski definition) is 3. The molecule has 1 aliphatic heterocycles. The fraction of sp³-hybridized carbons (Fsp3) is 0.588. The maximum atomic E-state index is 12.8. The third kappa shape index (κ3) is 5.08. The highest BCUT2D eigenvalue weighted by atomic mass is 35.5. The second-order valence-electron chi connectivity index (χ2n) is 6.58. The minimum Gasteiger partial charge on any atom is -0.339 e. The van der Waals surface area contributed by atoms with Gasteiger partial charge in [0, 0.05) is 25.0 Å². The lowest BCUT2D eigenvalue weighted by Gasteiger charge is -2.30. The molecule has 4 nitrogen and oxygen atoms in total. The molecule has 0 aromatic heterocycles. The van der Waals surface area contributed by atoms with Crippen LogP contribution < -0.4 is 5.73 Å². The molecular weight excluding hydrogens is 333 g/mol. The molecule has 0 spiro atoms.